The van der Waals surface area contributed by atoms with E-state index in [1.807, 2.05) is 0 Å². The third kappa shape index (κ3) is 2.18. The zero-order valence-corrected chi connectivity index (χ0v) is 9.68. The lowest BCUT2D eigenvalue weighted by Crippen LogP contribution is -2.15. The van der Waals surface area contributed by atoms with Gasteiger partial charge in [0, 0.05) is 12.4 Å². The quantitative estimate of drug-likeness (QED) is 0.911. The summed E-state index contributed by atoms with van der Waals surface area (Å²) in [7, 11) is 1.65. The van der Waals surface area contributed by atoms with Crippen molar-refractivity contribution in [3.63, 3.8) is 0 Å². The second kappa shape index (κ2) is 4.72. The second-order valence-corrected chi connectivity index (χ2v) is 4.06. The number of carboxylic acid groups (broad SMARTS) is 1. The number of para-hydroxylation sites is 1. The highest BCUT2D eigenvalue weighted by molar-refractivity contribution is 5.83. The molecule has 0 fully saturated rings. The molecular formula is C12H12F2N2O2. The fourth-order valence-electron chi connectivity index (χ4n) is 2.01. The minimum absolute atomic E-state index is 0.144. The molecule has 0 aliphatic carbocycles. The van der Waals surface area contributed by atoms with Gasteiger partial charge in [-0.05, 0) is 6.07 Å². The van der Waals surface area contributed by atoms with E-state index in [1.165, 1.54) is 4.68 Å². The molecule has 18 heavy (non-hydrogen) atoms. The molecule has 6 heteroatoms. The van der Waals surface area contributed by atoms with Crippen LogP contribution in [-0.2, 0) is 11.8 Å². The van der Waals surface area contributed by atoms with Crippen LogP contribution in [0, 0.1) is 0 Å². The number of carbonyl (C=O) groups is 1. The summed E-state index contributed by atoms with van der Waals surface area (Å²) in [5.74, 6) is -2.64. The van der Waals surface area contributed by atoms with Crippen molar-refractivity contribution in [3.8, 4) is 0 Å². The number of benzene rings is 1. The summed E-state index contributed by atoms with van der Waals surface area (Å²) < 4.78 is 27.4. The molecule has 2 aromatic rings. The van der Waals surface area contributed by atoms with Crippen LogP contribution in [0.4, 0.5) is 8.78 Å². The van der Waals surface area contributed by atoms with Crippen molar-refractivity contribution < 1.29 is 18.7 Å². The number of aryl methyl sites for hydroxylation is 1. The van der Waals surface area contributed by atoms with Gasteiger partial charge in [-0.2, -0.15) is 5.10 Å². The molecule has 0 radical (unpaired) electrons. The van der Waals surface area contributed by atoms with Crippen LogP contribution in [0.15, 0.2) is 24.3 Å². The van der Waals surface area contributed by atoms with Crippen LogP contribution in [0.1, 0.15) is 18.0 Å². The standard InChI is InChI=1S/C12H12F2N2O2/c1-16-9-5-3-2-4-7(9)11(15-16)8(12(13)14)6-10(17)18/h2-5,8,12H,6H2,1H3,(H,17,18). The Kier molecular flexibility index (Phi) is 3.27. The molecule has 0 aliphatic heterocycles. The first-order valence-corrected chi connectivity index (χ1v) is 5.42. The average Bonchev–Trinajstić information content (AvgIpc) is 2.64. The molecule has 96 valence electrons. The summed E-state index contributed by atoms with van der Waals surface area (Å²) >= 11 is 0. The topological polar surface area (TPSA) is 55.1 Å². The summed E-state index contributed by atoms with van der Waals surface area (Å²) in [4.78, 5) is 10.7. The van der Waals surface area contributed by atoms with E-state index in [1.54, 1.807) is 31.3 Å². The van der Waals surface area contributed by atoms with Crippen LogP contribution in [0.2, 0.25) is 0 Å². The van der Waals surface area contributed by atoms with Crippen LogP contribution >= 0.6 is 0 Å². The second-order valence-electron chi connectivity index (χ2n) is 4.06. The Labute approximate surface area is 102 Å². The Morgan fingerprint density at radius 3 is 2.72 bits per heavy atom. The minimum Gasteiger partial charge on any atom is -0.481 e. The van der Waals surface area contributed by atoms with Gasteiger partial charge in [-0.25, -0.2) is 8.78 Å². The largest absolute Gasteiger partial charge is 0.481 e. The number of aromatic nitrogens is 2. The van der Waals surface area contributed by atoms with Gasteiger partial charge in [-0.3, -0.25) is 9.48 Å². The van der Waals surface area contributed by atoms with E-state index in [2.05, 4.69) is 5.10 Å². The molecule has 1 aromatic heterocycles. The number of nitrogens with zero attached hydrogens (tertiary/aromatic N) is 2. The van der Waals surface area contributed by atoms with E-state index in [9.17, 15) is 13.6 Å². The number of rotatable bonds is 4. The number of alkyl halides is 2. The fourth-order valence-corrected chi connectivity index (χ4v) is 2.01. The van der Waals surface area contributed by atoms with Crippen LogP contribution < -0.4 is 0 Å². The summed E-state index contributed by atoms with van der Waals surface area (Å²) in [6, 6.07) is 6.93. The summed E-state index contributed by atoms with van der Waals surface area (Å²) in [6.07, 6.45) is -3.38. The van der Waals surface area contributed by atoms with Gasteiger partial charge in [-0.15, -0.1) is 0 Å². The molecule has 0 saturated carbocycles. The molecule has 0 aliphatic rings. The van der Waals surface area contributed by atoms with Crippen molar-refractivity contribution in [3.05, 3.63) is 30.0 Å². The smallest absolute Gasteiger partial charge is 0.304 e. The Morgan fingerprint density at radius 1 is 1.44 bits per heavy atom. The normalized spacial score (nSPS) is 13.1. The molecule has 0 bridgehead atoms. The van der Waals surface area contributed by atoms with E-state index in [0.29, 0.717) is 10.9 Å². The molecule has 1 N–H and O–H groups in total. The molecule has 1 heterocycles. The van der Waals surface area contributed by atoms with Crippen LogP contribution in [0.5, 0.6) is 0 Å². The molecule has 0 amide bonds. The third-order valence-electron chi connectivity index (χ3n) is 2.84. The highest BCUT2D eigenvalue weighted by Gasteiger charge is 2.29. The number of hydrogen-bond donors (Lipinski definition) is 1. The highest BCUT2D eigenvalue weighted by Crippen LogP contribution is 2.31. The molecule has 2 rings (SSSR count). The van der Waals surface area contributed by atoms with Crippen molar-refractivity contribution in [1.29, 1.82) is 0 Å². The van der Waals surface area contributed by atoms with E-state index in [-0.39, 0.29) is 5.69 Å². The third-order valence-corrected chi connectivity index (χ3v) is 2.84. The summed E-state index contributed by atoms with van der Waals surface area (Å²) in [6.45, 7) is 0. The maximum Gasteiger partial charge on any atom is 0.304 e. The molecule has 0 saturated heterocycles. The Bertz CT molecular complexity index is 580. The average molecular weight is 254 g/mol. The zero-order chi connectivity index (χ0) is 13.3. The van der Waals surface area contributed by atoms with Gasteiger partial charge in [0.05, 0.1) is 23.5 Å². The first kappa shape index (κ1) is 12.5. The van der Waals surface area contributed by atoms with E-state index in [0.717, 1.165) is 0 Å². The van der Waals surface area contributed by atoms with E-state index < -0.39 is 24.7 Å². The number of halogens is 2. The van der Waals surface area contributed by atoms with Gasteiger partial charge in [0.2, 0.25) is 6.43 Å². The first-order valence-electron chi connectivity index (χ1n) is 5.42. The zero-order valence-electron chi connectivity index (χ0n) is 9.68. The van der Waals surface area contributed by atoms with Gasteiger partial charge >= 0.3 is 5.97 Å². The SMILES string of the molecule is Cn1nc(C(CC(=O)O)C(F)F)c2ccccc21. The molecular weight excluding hydrogens is 242 g/mol. The van der Waals surface area contributed by atoms with Crippen LogP contribution in [0.25, 0.3) is 10.9 Å². The predicted molar refractivity (Wildman–Crippen MR) is 61.7 cm³/mol. The van der Waals surface area contributed by atoms with Crippen LogP contribution in [0.3, 0.4) is 0 Å². The summed E-state index contributed by atoms with van der Waals surface area (Å²) in [5, 5.41) is 13.3. The minimum atomic E-state index is -2.75. The van der Waals surface area contributed by atoms with E-state index in [4.69, 9.17) is 5.11 Å². The lowest BCUT2D eigenvalue weighted by molar-refractivity contribution is -0.138. The molecule has 1 aromatic carbocycles. The Hall–Kier alpha value is -1.98. The molecule has 1 unspecified atom stereocenters. The van der Waals surface area contributed by atoms with Crippen LogP contribution in [-0.4, -0.2) is 27.3 Å². The van der Waals surface area contributed by atoms with Crippen molar-refractivity contribution in [1.82, 2.24) is 9.78 Å². The summed E-state index contributed by atoms with van der Waals surface area (Å²) in [5.41, 5.74) is 0.856. The first-order chi connectivity index (χ1) is 8.50. The Balaban J connectivity index is 2.54. The van der Waals surface area contributed by atoms with Crippen molar-refractivity contribution in [2.45, 2.75) is 18.8 Å². The van der Waals surface area contributed by atoms with Gasteiger partial charge in [0.15, 0.2) is 0 Å². The number of hydrogen-bond acceptors (Lipinski definition) is 2. The van der Waals surface area contributed by atoms with E-state index >= 15 is 0 Å². The lowest BCUT2D eigenvalue weighted by Gasteiger charge is -2.11. The molecule has 1 atom stereocenters. The molecule has 4 nitrogen and oxygen atoms in total. The number of carboxylic acids is 1. The van der Waals surface area contributed by atoms with Gasteiger partial charge in [0.25, 0.3) is 0 Å². The Morgan fingerprint density at radius 2 is 2.11 bits per heavy atom. The highest BCUT2D eigenvalue weighted by atomic mass is 19.3. The number of fused-ring (bicyclic) bond motifs is 1. The maximum atomic E-state index is 13.0. The van der Waals surface area contributed by atoms with Crippen molar-refractivity contribution in [2.75, 3.05) is 0 Å². The fraction of sp³-hybridized carbons (Fsp3) is 0.333. The predicted octanol–water partition coefficient (Wildman–Crippen LogP) is 2.40. The maximum absolute atomic E-state index is 13.0. The van der Waals surface area contributed by atoms with Gasteiger partial charge < -0.3 is 5.11 Å². The lowest BCUT2D eigenvalue weighted by atomic mass is 9.99. The van der Waals surface area contributed by atoms with Gasteiger partial charge in [-0.1, -0.05) is 18.2 Å². The molecule has 0 spiro atoms. The monoisotopic (exact) mass is 254 g/mol. The van der Waals surface area contributed by atoms with Crippen molar-refractivity contribution in [2.24, 2.45) is 7.05 Å². The van der Waals surface area contributed by atoms with Crippen molar-refractivity contribution >= 4 is 16.9 Å². The number of aliphatic carboxylic acids is 1. The van der Waals surface area contributed by atoms with Gasteiger partial charge in [0.1, 0.15) is 0 Å².